The average Bonchev–Trinajstić information content (AvgIpc) is 3.26. The summed E-state index contributed by atoms with van der Waals surface area (Å²) in [5.74, 6) is -1.03. The van der Waals surface area contributed by atoms with Gasteiger partial charge in [-0.05, 0) is 89.9 Å². The molecule has 0 aliphatic rings. The van der Waals surface area contributed by atoms with Crippen LogP contribution in [0.1, 0.15) is 201 Å². The Balaban J connectivity index is 4.51. The molecular formula is C55H88O6. The van der Waals surface area contributed by atoms with Gasteiger partial charge in [-0.2, -0.15) is 0 Å². The molecular weight excluding hydrogens is 757 g/mol. The third-order valence-electron chi connectivity index (χ3n) is 9.87. The lowest BCUT2D eigenvalue weighted by Gasteiger charge is -2.18. The minimum Gasteiger partial charge on any atom is -0.462 e. The maximum absolute atomic E-state index is 12.7. The van der Waals surface area contributed by atoms with Crippen molar-refractivity contribution in [1.82, 2.24) is 0 Å². The monoisotopic (exact) mass is 845 g/mol. The number of esters is 3. The van der Waals surface area contributed by atoms with E-state index >= 15 is 0 Å². The Bertz CT molecular complexity index is 1290. The summed E-state index contributed by atoms with van der Waals surface area (Å²) in [6.07, 6.45) is 65.1. The minimum absolute atomic E-state index is 0.116. The van der Waals surface area contributed by atoms with Crippen LogP contribution in [0.5, 0.6) is 0 Å². The molecule has 0 aromatic rings. The zero-order chi connectivity index (χ0) is 44.4. The fourth-order valence-electron chi connectivity index (χ4n) is 6.24. The van der Waals surface area contributed by atoms with Gasteiger partial charge in [0.15, 0.2) is 6.10 Å². The normalized spacial score (nSPS) is 13.0. The van der Waals surface area contributed by atoms with E-state index in [4.69, 9.17) is 14.2 Å². The molecule has 0 fully saturated rings. The van der Waals surface area contributed by atoms with E-state index in [0.717, 1.165) is 70.6 Å². The first-order valence-corrected chi connectivity index (χ1v) is 24.5. The van der Waals surface area contributed by atoms with E-state index in [9.17, 15) is 14.4 Å². The molecule has 0 saturated heterocycles. The number of carbonyl (C=O) groups excluding carboxylic acids is 3. The molecule has 0 saturated carbocycles. The van der Waals surface area contributed by atoms with Gasteiger partial charge in [0.1, 0.15) is 13.2 Å². The first-order valence-electron chi connectivity index (χ1n) is 24.5. The second-order valence-electron chi connectivity index (χ2n) is 15.7. The van der Waals surface area contributed by atoms with Gasteiger partial charge in [-0.1, -0.05) is 201 Å². The Hall–Kier alpha value is -3.93. The van der Waals surface area contributed by atoms with Crippen LogP contribution in [-0.4, -0.2) is 37.2 Å². The molecule has 0 heterocycles. The molecule has 0 radical (unpaired) electrons. The first kappa shape index (κ1) is 57.1. The first-order chi connectivity index (χ1) is 30.0. The van der Waals surface area contributed by atoms with E-state index in [2.05, 4.69) is 81.5 Å². The van der Waals surface area contributed by atoms with Crippen molar-refractivity contribution in [1.29, 1.82) is 0 Å². The van der Waals surface area contributed by atoms with Gasteiger partial charge in [0.2, 0.25) is 0 Å². The highest BCUT2D eigenvalue weighted by Gasteiger charge is 2.19. The van der Waals surface area contributed by atoms with Crippen LogP contribution in [0.4, 0.5) is 0 Å². The molecule has 6 nitrogen and oxygen atoms in total. The number of unbranched alkanes of at least 4 members (excludes halogenated alkanes) is 17. The highest BCUT2D eigenvalue weighted by molar-refractivity contribution is 5.71. The van der Waals surface area contributed by atoms with Crippen molar-refractivity contribution in [3.05, 3.63) is 109 Å². The zero-order valence-corrected chi connectivity index (χ0v) is 39.1. The lowest BCUT2D eigenvalue weighted by molar-refractivity contribution is -0.167. The van der Waals surface area contributed by atoms with Gasteiger partial charge in [-0.25, -0.2) is 0 Å². The predicted molar refractivity (Wildman–Crippen MR) is 260 cm³/mol. The fourth-order valence-corrected chi connectivity index (χ4v) is 6.24. The SMILES string of the molecule is CC\C=C/C=C\C=C/C=C\C=C/CCCCCC(=O)OC(COC(=O)CCC/C=C\C/C=C\C/C=C\CC)COC(=O)CCCCCCCCC/C=C\CCCCCCCC. The highest BCUT2D eigenvalue weighted by Crippen LogP contribution is 2.13. The number of ether oxygens (including phenoxy) is 3. The zero-order valence-electron chi connectivity index (χ0n) is 39.1. The standard InChI is InChI=1S/C55H88O6/c1-4-7-10-13-16-19-22-24-26-27-29-30-33-36-39-42-45-48-54(57)60-51-52(50-59-53(56)47-44-41-38-35-32-21-18-15-12-9-6-3)61-55(58)49-46-43-40-37-34-31-28-25-23-20-17-14-11-8-5-2/h8-9,11-12,14,17-18,20-21,23-26,28,31,34-35,38,52H,4-7,10,13,15-16,19,22,27,29-30,32-33,36-37,39-51H2,1-3H3/b11-8-,12-9-,17-14-,21-18-,23-20-,26-24-,28-25-,34-31-,38-35-. The Morgan fingerprint density at radius 2 is 0.738 bits per heavy atom. The van der Waals surface area contributed by atoms with Crippen LogP contribution in [0, 0.1) is 0 Å². The van der Waals surface area contributed by atoms with Gasteiger partial charge in [-0.3, -0.25) is 14.4 Å². The van der Waals surface area contributed by atoms with Crippen molar-refractivity contribution in [2.75, 3.05) is 13.2 Å². The molecule has 61 heavy (non-hydrogen) atoms. The lowest BCUT2D eigenvalue weighted by atomic mass is 10.1. The summed E-state index contributed by atoms with van der Waals surface area (Å²) < 4.78 is 16.7. The van der Waals surface area contributed by atoms with Crippen LogP contribution in [-0.2, 0) is 28.6 Å². The summed E-state index contributed by atoms with van der Waals surface area (Å²) >= 11 is 0. The third-order valence-corrected chi connectivity index (χ3v) is 9.87. The molecule has 0 aliphatic carbocycles. The van der Waals surface area contributed by atoms with Crippen molar-refractivity contribution in [3.8, 4) is 0 Å². The van der Waals surface area contributed by atoms with Crippen LogP contribution in [0.3, 0.4) is 0 Å². The van der Waals surface area contributed by atoms with Crippen molar-refractivity contribution >= 4 is 17.9 Å². The second kappa shape index (κ2) is 48.7. The molecule has 0 aliphatic heterocycles. The van der Waals surface area contributed by atoms with E-state index in [1.165, 1.54) is 77.0 Å². The minimum atomic E-state index is -0.822. The average molecular weight is 845 g/mol. The van der Waals surface area contributed by atoms with Crippen molar-refractivity contribution in [2.45, 2.75) is 207 Å². The number of rotatable bonds is 42. The highest BCUT2D eigenvalue weighted by atomic mass is 16.6. The molecule has 0 aromatic heterocycles. The van der Waals surface area contributed by atoms with E-state index in [0.29, 0.717) is 19.3 Å². The molecule has 0 bridgehead atoms. The van der Waals surface area contributed by atoms with E-state index < -0.39 is 6.10 Å². The third kappa shape index (κ3) is 47.0. The fraction of sp³-hybridized carbons (Fsp3) is 0.618. The quantitative estimate of drug-likeness (QED) is 0.0200. The van der Waals surface area contributed by atoms with Gasteiger partial charge < -0.3 is 14.2 Å². The van der Waals surface area contributed by atoms with Gasteiger partial charge in [0, 0.05) is 19.3 Å². The molecule has 344 valence electrons. The van der Waals surface area contributed by atoms with Crippen molar-refractivity contribution in [3.63, 3.8) is 0 Å². The summed E-state index contributed by atoms with van der Waals surface area (Å²) in [5, 5.41) is 0. The van der Waals surface area contributed by atoms with Gasteiger partial charge in [0.25, 0.3) is 0 Å². The molecule has 6 heteroatoms. The van der Waals surface area contributed by atoms with Crippen LogP contribution < -0.4 is 0 Å². The summed E-state index contributed by atoms with van der Waals surface area (Å²) in [5.41, 5.74) is 0. The maximum atomic E-state index is 12.7. The Kier molecular flexibility index (Phi) is 45.6. The number of carbonyl (C=O) groups is 3. The Morgan fingerprint density at radius 3 is 1.30 bits per heavy atom. The second-order valence-corrected chi connectivity index (χ2v) is 15.7. The summed E-state index contributed by atoms with van der Waals surface area (Å²) in [6.45, 7) is 6.26. The molecule has 0 aromatic carbocycles. The summed E-state index contributed by atoms with van der Waals surface area (Å²) in [6, 6.07) is 0. The van der Waals surface area contributed by atoms with E-state index in [1.807, 2.05) is 48.6 Å². The number of hydrogen-bond acceptors (Lipinski definition) is 6. The molecule has 1 unspecified atom stereocenters. The van der Waals surface area contributed by atoms with Gasteiger partial charge in [-0.15, -0.1) is 0 Å². The lowest BCUT2D eigenvalue weighted by Crippen LogP contribution is -2.30. The predicted octanol–water partition coefficient (Wildman–Crippen LogP) is 16.0. The van der Waals surface area contributed by atoms with Crippen LogP contribution in [0.15, 0.2) is 109 Å². The van der Waals surface area contributed by atoms with E-state index in [-0.39, 0.29) is 44.0 Å². The Morgan fingerprint density at radius 1 is 0.361 bits per heavy atom. The van der Waals surface area contributed by atoms with Crippen LogP contribution >= 0.6 is 0 Å². The smallest absolute Gasteiger partial charge is 0.306 e. The van der Waals surface area contributed by atoms with Gasteiger partial charge in [0.05, 0.1) is 0 Å². The maximum Gasteiger partial charge on any atom is 0.306 e. The molecule has 0 N–H and O–H groups in total. The van der Waals surface area contributed by atoms with Crippen molar-refractivity contribution < 1.29 is 28.6 Å². The molecule has 0 spiro atoms. The molecule has 1 atom stereocenters. The largest absolute Gasteiger partial charge is 0.462 e. The van der Waals surface area contributed by atoms with Crippen LogP contribution in [0.25, 0.3) is 0 Å². The topological polar surface area (TPSA) is 78.9 Å². The van der Waals surface area contributed by atoms with Gasteiger partial charge >= 0.3 is 17.9 Å². The summed E-state index contributed by atoms with van der Waals surface area (Å²) in [7, 11) is 0. The number of allylic oxidation sites excluding steroid dienone is 18. The van der Waals surface area contributed by atoms with Crippen molar-refractivity contribution in [2.24, 2.45) is 0 Å². The van der Waals surface area contributed by atoms with E-state index in [1.54, 1.807) is 0 Å². The Labute approximate surface area is 374 Å². The summed E-state index contributed by atoms with van der Waals surface area (Å²) in [4.78, 5) is 37.8. The molecule has 0 rings (SSSR count). The van der Waals surface area contributed by atoms with Crippen LogP contribution in [0.2, 0.25) is 0 Å². The number of hydrogen-bond donors (Lipinski definition) is 0. The molecule has 0 amide bonds.